The number of carbonyl (C=O) groups excluding carboxylic acids is 1. The van der Waals surface area contributed by atoms with E-state index in [9.17, 15) is 4.79 Å². The number of nitrogens with two attached hydrogens (primary N) is 2. The van der Waals surface area contributed by atoms with Crippen LogP contribution >= 0.6 is 22.9 Å². The number of amides is 1. The molecule has 1 aliphatic rings. The Balaban J connectivity index is 1.74. The largest absolute Gasteiger partial charge is 0.382 e. The number of piperidine rings is 1. The van der Waals surface area contributed by atoms with Crippen molar-refractivity contribution in [2.24, 2.45) is 5.73 Å². The minimum Gasteiger partial charge on any atom is -0.382 e. The summed E-state index contributed by atoms with van der Waals surface area (Å²) in [4.78, 5) is 18.6. The first-order valence-electron chi connectivity index (χ1n) is 8.42. The molecule has 1 fully saturated rings. The van der Waals surface area contributed by atoms with E-state index in [-0.39, 0.29) is 5.92 Å². The van der Waals surface area contributed by atoms with Crippen LogP contribution in [-0.2, 0) is 0 Å². The average Bonchev–Trinajstić information content (AvgIpc) is 3.23. The van der Waals surface area contributed by atoms with E-state index < -0.39 is 5.91 Å². The summed E-state index contributed by atoms with van der Waals surface area (Å²) in [5, 5.41) is 4.23. The number of hydrogen-bond acceptors (Lipinski definition) is 6. The maximum atomic E-state index is 11.8. The summed E-state index contributed by atoms with van der Waals surface area (Å²) in [6, 6.07) is 3.75. The second-order valence-electron chi connectivity index (χ2n) is 6.45. The molecular formula is C18H17ClN6OS. The predicted molar refractivity (Wildman–Crippen MR) is 107 cm³/mol. The van der Waals surface area contributed by atoms with Crippen LogP contribution in [0.3, 0.4) is 0 Å². The Morgan fingerprint density at radius 1 is 1.44 bits per heavy atom. The number of thiophene rings is 1. The molecular weight excluding hydrogens is 384 g/mol. The molecule has 4 N–H and O–H groups in total. The summed E-state index contributed by atoms with van der Waals surface area (Å²) in [6.45, 7) is 1.55. The number of carbonyl (C=O) groups is 1. The van der Waals surface area contributed by atoms with Gasteiger partial charge in [-0.1, -0.05) is 17.5 Å². The van der Waals surface area contributed by atoms with Gasteiger partial charge in [0.05, 0.1) is 14.9 Å². The van der Waals surface area contributed by atoms with Gasteiger partial charge in [-0.05, 0) is 30.5 Å². The molecule has 0 radical (unpaired) electrons. The van der Waals surface area contributed by atoms with Crippen molar-refractivity contribution >= 4 is 45.9 Å². The number of anilines is 2. The van der Waals surface area contributed by atoms with Crippen LogP contribution in [-0.4, -0.2) is 33.6 Å². The third-order valence-corrected chi connectivity index (χ3v) is 6.16. The Kier molecular flexibility index (Phi) is 4.42. The molecule has 27 heavy (non-hydrogen) atoms. The lowest BCUT2D eigenvalue weighted by Gasteiger charge is -2.34. The van der Waals surface area contributed by atoms with E-state index in [0.29, 0.717) is 32.8 Å². The van der Waals surface area contributed by atoms with Gasteiger partial charge >= 0.3 is 0 Å². The fraction of sp³-hybridized carbons (Fsp3) is 0.278. The number of nitrogen functional groups attached to an aromatic ring is 1. The van der Waals surface area contributed by atoms with Crippen LogP contribution in [0.2, 0.25) is 4.34 Å². The van der Waals surface area contributed by atoms with E-state index >= 15 is 0 Å². The van der Waals surface area contributed by atoms with Crippen LogP contribution < -0.4 is 16.4 Å². The van der Waals surface area contributed by atoms with Crippen molar-refractivity contribution in [2.75, 3.05) is 23.7 Å². The Morgan fingerprint density at radius 3 is 3.00 bits per heavy atom. The summed E-state index contributed by atoms with van der Waals surface area (Å²) in [5.74, 6) is 2.71. The monoisotopic (exact) mass is 400 g/mol. The number of primary amides is 1. The molecule has 0 bridgehead atoms. The first-order chi connectivity index (χ1) is 13.0. The molecule has 1 amide bonds. The molecule has 3 aromatic heterocycles. The molecule has 1 unspecified atom stereocenters. The third kappa shape index (κ3) is 2.99. The fourth-order valence-corrected chi connectivity index (χ4v) is 4.89. The van der Waals surface area contributed by atoms with Crippen molar-refractivity contribution in [1.29, 1.82) is 0 Å². The summed E-state index contributed by atoms with van der Waals surface area (Å²) in [7, 11) is 0. The highest BCUT2D eigenvalue weighted by Gasteiger charge is 2.28. The SMILES string of the molecule is C#Cc1cc(N2CCCC(c3cc(Cl)sc3C(N)=O)C2)c2c(N)ncnn12. The van der Waals surface area contributed by atoms with Crippen LogP contribution in [0, 0.1) is 12.3 Å². The molecule has 0 saturated carbocycles. The van der Waals surface area contributed by atoms with E-state index in [2.05, 4.69) is 20.9 Å². The fourth-order valence-electron chi connectivity index (χ4n) is 3.71. The van der Waals surface area contributed by atoms with Crippen molar-refractivity contribution in [3.63, 3.8) is 0 Å². The summed E-state index contributed by atoms with van der Waals surface area (Å²) in [5.41, 5.74) is 14.8. The molecule has 9 heteroatoms. The van der Waals surface area contributed by atoms with Gasteiger partial charge in [-0.3, -0.25) is 4.79 Å². The smallest absolute Gasteiger partial charge is 0.259 e. The van der Waals surface area contributed by atoms with E-state index in [4.69, 9.17) is 29.5 Å². The number of fused-ring (bicyclic) bond motifs is 1. The van der Waals surface area contributed by atoms with E-state index in [1.807, 2.05) is 12.1 Å². The molecule has 0 aliphatic carbocycles. The number of nitrogens with zero attached hydrogens (tertiary/aromatic N) is 4. The Hall–Kier alpha value is -2.76. The summed E-state index contributed by atoms with van der Waals surface area (Å²) >= 11 is 7.37. The van der Waals surface area contributed by atoms with Gasteiger partial charge in [0.15, 0.2) is 5.82 Å². The summed E-state index contributed by atoms with van der Waals surface area (Å²) < 4.78 is 2.20. The van der Waals surface area contributed by atoms with Gasteiger partial charge in [0.25, 0.3) is 5.91 Å². The zero-order valence-corrected chi connectivity index (χ0v) is 15.9. The average molecular weight is 401 g/mol. The van der Waals surface area contributed by atoms with E-state index in [1.165, 1.54) is 17.7 Å². The molecule has 7 nitrogen and oxygen atoms in total. The van der Waals surface area contributed by atoms with Crippen molar-refractivity contribution in [1.82, 2.24) is 14.6 Å². The number of terminal acetylenes is 1. The molecule has 4 rings (SSSR count). The molecule has 0 aromatic carbocycles. The second kappa shape index (κ2) is 6.76. The van der Waals surface area contributed by atoms with Gasteiger partial charge in [-0.25, -0.2) is 9.50 Å². The van der Waals surface area contributed by atoms with Crippen molar-refractivity contribution in [3.05, 3.63) is 38.9 Å². The highest BCUT2D eigenvalue weighted by molar-refractivity contribution is 7.18. The lowest BCUT2D eigenvalue weighted by atomic mass is 9.90. The molecule has 138 valence electrons. The number of rotatable bonds is 3. The van der Waals surface area contributed by atoms with Crippen LogP contribution in [0.1, 0.15) is 39.7 Å². The molecule has 1 aliphatic heterocycles. The number of hydrogen-bond donors (Lipinski definition) is 2. The Morgan fingerprint density at radius 2 is 2.26 bits per heavy atom. The quantitative estimate of drug-likeness (QED) is 0.657. The predicted octanol–water partition coefficient (Wildman–Crippen LogP) is 2.49. The maximum absolute atomic E-state index is 11.8. The zero-order valence-electron chi connectivity index (χ0n) is 14.4. The summed E-state index contributed by atoms with van der Waals surface area (Å²) in [6.07, 6.45) is 8.91. The molecule has 3 aromatic rings. The van der Waals surface area contributed by atoms with Gasteiger partial charge in [-0.15, -0.1) is 17.8 Å². The van der Waals surface area contributed by atoms with Crippen LogP contribution in [0.15, 0.2) is 18.5 Å². The zero-order chi connectivity index (χ0) is 19.1. The van der Waals surface area contributed by atoms with Crippen molar-refractivity contribution in [2.45, 2.75) is 18.8 Å². The Bertz CT molecular complexity index is 1080. The van der Waals surface area contributed by atoms with Crippen LogP contribution in [0.25, 0.3) is 5.52 Å². The van der Waals surface area contributed by atoms with Gasteiger partial charge in [0.1, 0.15) is 17.5 Å². The van der Waals surface area contributed by atoms with Crippen LogP contribution in [0.4, 0.5) is 11.5 Å². The topological polar surface area (TPSA) is 103 Å². The minimum absolute atomic E-state index is 0.139. The van der Waals surface area contributed by atoms with E-state index in [1.54, 1.807) is 4.52 Å². The molecule has 1 atom stereocenters. The lowest BCUT2D eigenvalue weighted by molar-refractivity contribution is 0.100. The molecule has 4 heterocycles. The van der Waals surface area contributed by atoms with E-state index in [0.717, 1.165) is 30.6 Å². The first kappa shape index (κ1) is 17.6. The van der Waals surface area contributed by atoms with Crippen molar-refractivity contribution < 1.29 is 4.79 Å². The van der Waals surface area contributed by atoms with Gasteiger partial charge < -0.3 is 16.4 Å². The normalized spacial score (nSPS) is 17.2. The highest BCUT2D eigenvalue weighted by atomic mass is 35.5. The first-order valence-corrected chi connectivity index (χ1v) is 9.61. The number of aromatic nitrogens is 3. The third-order valence-electron chi connectivity index (χ3n) is 4.87. The van der Waals surface area contributed by atoms with Gasteiger partial charge in [0, 0.05) is 19.0 Å². The van der Waals surface area contributed by atoms with Gasteiger partial charge in [0.2, 0.25) is 0 Å². The maximum Gasteiger partial charge on any atom is 0.259 e. The molecule has 1 saturated heterocycles. The van der Waals surface area contributed by atoms with Crippen molar-refractivity contribution in [3.8, 4) is 12.3 Å². The Labute approximate surface area is 164 Å². The highest BCUT2D eigenvalue weighted by Crippen LogP contribution is 2.39. The molecule has 0 spiro atoms. The standard InChI is InChI=1S/C18H17ClN6OS/c1-2-11-6-13(15-17(20)22-9-23-25(11)15)24-5-3-4-10(8-24)12-7-14(19)27-16(12)18(21)26/h1,6-7,9-10H,3-5,8H2,(H2,21,26)(H2,20,22,23). The van der Waals surface area contributed by atoms with Gasteiger partial charge in [-0.2, -0.15) is 5.10 Å². The number of halogens is 1. The lowest BCUT2D eigenvalue weighted by Crippen LogP contribution is -2.34. The second-order valence-corrected chi connectivity index (χ2v) is 8.13. The minimum atomic E-state index is -0.444. The van der Waals surface area contributed by atoms with Crippen LogP contribution in [0.5, 0.6) is 0 Å².